The first kappa shape index (κ1) is 25.4. The van der Waals surface area contributed by atoms with Crippen molar-refractivity contribution in [1.29, 1.82) is 0 Å². The SMILES string of the molecule is COC(C)(C)[C@@H]1CC[C@@]2(C)C[C@@H]1C(C=O)=C1O[C@@](C)(OC)C=C1[C@@H]2/C=C/OC(=O)C=C(C)C. The average molecular weight is 459 g/mol. The van der Waals surface area contributed by atoms with Crippen LogP contribution in [-0.4, -0.2) is 37.9 Å². The molecule has 182 valence electrons. The fraction of sp³-hybridized carbons (Fsp3) is 0.630. The van der Waals surface area contributed by atoms with Gasteiger partial charge in [0.2, 0.25) is 5.79 Å². The van der Waals surface area contributed by atoms with Crippen molar-refractivity contribution in [3.8, 4) is 0 Å². The first-order chi connectivity index (χ1) is 15.4. The molecular weight excluding hydrogens is 420 g/mol. The molecule has 0 unspecified atom stereocenters. The van der Waals surface area contributed by atoms with Gasteiger partial charge in [-0.3, -0.25) is 4.79 Å². The van der Waals surface area contributed by atoms with Crippen LogP contribution in [-0.2, 0) is 28.5 Å². The maximum Gasteiger partial charge on any atom is 0.335 e. The Kier molecular flexibility index (Phi) is 7.11. The summed E-state index contributed by atoms with van der Waals surface area (Å²) < 4.78 is 23.1. The van der Waals surface area contributed by atoms with E-state index in [0.717, 1.165) is 36.7 Å². The summed E-state index contributed by atoms with van der Waals surface area (Å²) in [6.07, 6.45) is 10.4. The largest absolute Gasteiger partial charge is 0.458 e. The minimum absolute atomic E-state index is 0.0135. The number of carbonyl (C=O) groups excluding carboxylic acids is 2. The van der Waals surface area contributed by atoms with Gasteiger partial charge in [0.25, 0.3) is 0 Å². The lowest BCUT2D eigenvalue weighted by molar-refractivity contribution is -0.138. The van der Waals surface area contributed by atoms with Gasteiger partial charge in [-0.25, -0.2) is 4.79 Å². The Hall–Kier alpha value is -2.18. The summed E-state index contributed by atoms with van der Waals surface area (Å²) in [5, 5.41) is 0. The zero-order chi connectivity index (χ0) is 24.6. The summed E-state index contributed by atoms with van der Waals surface area (Å²) in [5.74, 6) is -0.724. The smallest absolute Gasteiger partial charge is 0.335 e. The Bertz CT molecular complexity index is 919. The summed E-state index contributed by atoms with van der Waals surface area (Å²) in [6, 6.07) is 0. The van der Waals surface area contributed by atoms with E-state index in [1.807, 2.05) is 32.9 Å². The third kappa shape index (κ3) is 4.87. The molecule has 0 saturated heterocycles. The van der Waals surface area contributed by atoms with Crippen LogP contribution in [0, 0.1) is 23.2 Å². The normalized spacial score (nSPS) is 33.7. The van der Waals surface area contributed by atoms with Gasteiger partial charge in [0.1, 0.15) is 12.0 Å². The summed E-state index contributed by atoms with van der Waals surface area (Å²) in [5.41, 5.74) is 1.91. The highest BCUT2D eigenvalue weighted by molar-refractivity contribution is 5.83. The van der Waals surface area contributed by atoms with E-state index < -0.39 is 11.8 Å². The lowest BCUT2D eigenvalue weighted by Crippen LogP contribution is -2.45. The van der Waals surface area contributed by atoms with E-state index in [1.165, 1.54) is 12.3 Å². The molecule has 0 aromatic heterocycles. The molecular formula is C27H38O6. The fourth-order valence-electron chi connectivity index (χ4n) is 5.70. The Labute approximate surface area is 197 Å². The number of aldehydes is 1. The van der Waals surface area contributed by atoms with Gasteiger partial charge in [-0.05, 0) is 76.4 Å². The van der Waals surface area contributed by atoms with Crippen LogP contribution >= 0.6 is 0 Å². The number of methoxy groups -OCH3 is 2. The molecule has 0 aromatic rings. The van der Waals surface area contributed by atoms with E-state index >= 15 is 0 Å². The van der Waals surface area contributed by atoms with Crippen molar-refractivity contribution in [2.75, 3.05) is 14.2 Å². The molecule has 1 fully saturated rings. The van der Waals surface area contributed by atoms with E-state index in [1.54, 1.807) is 14.2 Å². The van der Waals surface area contributed by atoms with Gasteiger partial charge in [0.15, 0.2) is 0 Å². The standard InChI is InChI=1S/C27H38O6/c1-17(2)13-23(29)32-12-10-22-19-15-27(6,31-8)33-24(19)20(16-28)18-14-26(22,5)11-9-21(18)25(3,4)30-7/h10,12-13,15-16,18,21-22H,9,11,14H2,1-8H3/b12-10+/t18-,21-,22+,26+,27-/m1/s1. The summed E-state index contributed by atoms with van der Waals surface area (Å²) in [4.78, 5) is 24.5. The van der Waals surface area contributed by atoms with Gasteiger partial charge < -0.3 is 18.9 Å². The molecule has 1 aliphatic heterocycles. The summed E-state index contributed by atoms with van der Waals surface area (Å²) in [6.45, 7) is 12.0. The molecule has 0 spiro atoms. The molecule has 33 heavy (non-hydrogen) atoms. The highest BCUT2D eigenvalue weighted by atomic mass is 16.7. The number of carbonyl (C=O) groups is 2. The number of allylic oxidation sites excluding steroid dienone is 4. The molecule has 3 rings (SSSR count). The Morgan fingerprint density at radius 3 is 2.52 bits per heavy atom. The van der Waals surface area contributed by atoms with Crippen LogP contribution in [0.3, 0.4) is 0 Å². The van der Waals surface area contributed by atoms with Gasteiger partial charge in [-0.2, -0.15) is 0 Å². The van der Waals surface area contributed by atoms with Crippen LogP contribution in [0.25, 0.3) is 0 Å². The molecule has 6 heteroatoms. The number of fused-ring (bicyclic) bond motifs is 3. The number of ether oxygens (including phenoxy) is 4. The van der Waals surface area contributed by atoms with Crippen LogP contribution in [0.5, 0.6) is 0 Å². The highest BCUT2D eigenvalue weighted by Gasteiger charge is 2.54. The quantitative estimate of drug-likeness (QED) is 0.224. The number of hydrogen-bond acceptors (Lipinski definition) is 6. The van der Waals surface area contributed by atoms with Gasteiger partial charge in [-0.15, -0.1) is 0 Å². The zero-order valence-corrected chi connectivity index (χ0v) is 21.2. The molecule has 1 saturated carbocycles. The van der Waals surface area contributed by atoms with E-state index in [0.29, 0.717) is 11.3 Å². The summed E-state index contributed by atoms with van der Waals surface area (Å²) in [7, 11) is 3.32. The third-order valence-electron chi connectivity index (χ3n) is 7.74. The number of esters is 1. The molecule has 0 aromatic carbocycles. The summed E-state index contributed by atoms with van der Waals surface area (Å²) >= 11 is 0. The molecule has 2 aliphatic carbocycles. The van der Waals surface area contributed by atoms with Gasteiger partial charge in [0, 0.05) is 44.3 Å². The van der Waals surface area contributed by atoms with Crippen molar-refractivity contribution >= 4 is 12.3 Å². The lowest BCUT2D eigenvalue weighted by Gasteiger charge is -2.49. The molecule has 6 nitrogen and oxygen atoms in total. The van der Waals surface area contributed by atoms with E-state index in [4.69, 9.17) is 18.9 Å². The second kappa shape index (κ2) is 9.22. The highest BCUT2D eigenvalue weighted by Crippen LogP contribution is 2.59. The van der Waals surface area contributed by atoms with Crippen molar-refractivity contribution in [2.24, 2.45) is 23.2 Å². The molecule has 0 radical (unpaired) electrons. The van der Waals surface area contributed by atoms with E-state index in [9.17, 15) is 9.59 Å². The van der Waals surface area contributed by atoms with Crippen molar-refractivity contribution in [1.82, 2.24) is 0 Å². The lowest BCUT2D eigenvalue weighted by atomic mass is 9.57. The van der Waals surface area contributed by atoms with Crippen LogP contribution in [0.2, 0.25) is 0 Å². The molecule has 2 bridgehead atoms. The second-order valence-corrected chi connectivity index (χ2v) is 10.7. The van der Waals surface area contributed by atoms with Crippen molar-refractivity contribution in [3.05, 3.63) is 47.0 Å². The first-order valence-electron chi connectivity index (χ1n) is 11.6. The number of rotatable bonds is 7. The predicted octanol–water partition coefficient (Wildman–Crippen LogP) is 5.26. The van der Waals surface area contributed by atoms with E-state index in [2.05, 4.69) is 20.8 Å². The number of hydrogen-bond donors (Lipinski definition) is 0. The van der Waals surface area contributed by atoms with Gasteiger partial charge >= 0.3 is 5.97 Å². The molecule has 0 N–H and O–H groups in total. The van der Waals surface area contributed by atoms with E-state index in [-0.39, 0.29) is 28.8 Å². The first-order valence-corrected chi connectivity index (χ1v) is 11.6. The average Bonchev–Trinajstić information content (AvgIpc) is 3.05. The molecule has 1 heterocycles. The predicted molar refractivity (Wildman–Crippen MR) is 126 cm³/mol. The Balaban J connectivity index is 2.10. The van der Waals surface area contributed by atoms with Crippen LogP contribution in [0.1, 0.15) is 60.8 Å². The van der Waals surface area contributed by atoms with Crippen LogP contribution in [0.4, 0.5) is 0 Å². The zero-order valence-electron chi connectivity index (χ0n) is 21.2. The minimum atomic E-state index is -0.960. The topological polar surface area (TPSA) is 71.1 Å². The second-order valence-electron chi connectivity index (χ2n) is 10.7. The molecule has 0 amide bonds. The van der Waals surface area contributed by atoms with Crippen molar-refractivity contribution < 1.29 is 28.5 Å². The minimum Gasteiger partial charge on any atom is -0.458 e. The van der Waals surface area contributed by atoms with Gasteiger partial charge in [-0.1, -0.05) is 12.5 Å². The maximum atomic E-state index is 12.5. The van der Waals surface area contributed by atoms with Gasteiger partial charge in [0.05, 0.1) is 11.9 Å². The van der Waals surface area contributed by atoms with Crippen molar-refractivity contribution in [3.63, 3.8) is 0 Å². The molecule has 5 atom stereocenters. The third-order valence-corrected chi connectivity index (χ3v) is 7.74. The fourth-order valence-corrected chi connectivity index (χ4v) is 5.70. The monoisotopic (exact) mass is 458 g/mol. The van der Waals surface area contributed by atoms with Crippen LogP contribution in [0.15, 0.2) is 47.0 Å². The van der Waals surface area contributed by atoms with Crippen molar-refractivity contribution in [2.45, 2.75) is 72.2 Å². The van der Waals surface area contributed by atoms with Crippen LogP contribution < -0.4 is 0 Å². The maximum absolute atomic E-state index is 12.5. The Morgan fingerprint density at radius 2 is 1.94 bits per heavy atom. The Morgan fingerprint density at radius 1 is 1.24 bits per heavy atom. The molecule has 3 aliphatic rings.